The lowest BCUT2D eigenvalue weighted by molar-refractivity contribution is 1.28. The molecular weight excluding hydrogens is 281 g/mol. The maximum Gasteiger partial charge on any atom is 0.106 e. The van der Waals surface area contributed by atoms with E-state index in [4.69, 9.17) is 0 Å². The first-order valence-electron chi connectivity index (χ1n) is 1.96. The fourth-order valence-electron chi connectivity index (χ4n) is 0.342. The Morgan fingerprint density at radius 1 is 1.38 bits per heavy atom. The molecule has 1 aromatic heterocycles. The number of halogens is 2. The van der Waals surface area contributed by atoms with Gasteiger partial charge >= 0.3 is 0 Å². The normalized spacial score (nSPS) is 7.62. The van der Waals surface area contributed by atoms with Crippen molar-refractivity contribution in [2.24, 2.45) is 0 Å². The molecule has 0 bridgehead atoms. The molecule has 1 heterocycles. The zero-order valence-corrected chi connectivity index (χ0v) is 7.96. The van der Waals surface area contributed by atoms with Crippen molar-refractivity contribution in [1.29, 1.82) is 0 Å². The molecule has 0 aliphatic carbocycles. The minimum atomic E-state index is 0. The predicted octanol–water partition coefficient (Wildman–Crippen LogP) is 2.46. The van der Waals surface area contributed by atoms with Crippen molar-refractivity contribution in [1.82, 2.24) is 4.98 Å². The lowest BCUT2D eigenvalue weighted by Gasteiger charge is -1.80. The Labute approximate surface area is 73.7 Å². The van der Waals surface area contributed by atoms with Crippen molar-refractivity contribution < 1.29 is 0 Å². The van der Waals surface area contributed by atoms with Crippen LogP contribution in [0.3, 0.4) is 0 Å². The van der Waals surface area contributed by atoms with E-state index in [0.29, 0.717) is 0 Å². The van der Waals surface area contributed by atoms with Gasteiger partial charge in [-0.15, -0.1) is 24.0 Å². The van der Waals surface area contributed by atoms with Crippen LogP contribution in [0, 0.1) is 0 Å². The van der Waals surface area contributed by atoms with Gasteiger partial charge in [0.15, 0.2) is 0 Å². The highest BCUT2D eigenvalue weighted by atomic mass is 127. The summed E-state index contributed by atoms with van der Waals surface area (Å²) in [7, 11) is 0. The molecule has 0 aliphatic heterocycles. The summed E-state index contributed by atoms with van der Waals surface area (Å²) in [5.41, 5.74) is 0. The number of hydrogen-bond acceptors (Lipinski definition) is 1. The molecule has 3 heteroatoms. The summed E-state index contributed by atoms with van der Waals surface area (Å²) in [4.78, 5) is 3.90. The molecule has 0 unspecified atom stereocenters. The third-order valence-electron chi connectivity index (χ3n) is 0.629. The summed E-state index contributed by atoms with van der Waals surface area (Å²) in [6.45, 7) is 0. The van der Waals surface area contributed by atoms with Crippen molar-refractivity contribution in [3.05, 3.63) is 29.0 Å². The van der Waals surface area contributed by atoms with Gasteiger partial charge in [0.25, 0.3) is 0 Å². The maximum atomic E-state index is 3.90. The molecule has 0 saturated carbocycles. The Kier molecular flexibility index (Phi) is 4.45. The van der Waals surface area contributed by atoms with Crippen molar-refractivity contribution >= 4 is 39.9 Å². The molecule has 1 aromatic rings. The maximum absolute atomic E-state index is 3.90. The van der Waals surface area contributed by atoms with E-state index >= 15 is 0 Å². The van der Waals surface area contributed by atoms with Crippen LogP contribution in [0.15, 0.2) is 29.0 Å². The molecule has 1 nitrogen and oxygen atoms in total. The van der Waals surface area contributed by atoms with Crippen LogP contribution in [0.2, 0.25) is 0 Å². The Bertz CT molecular complexity index is 142. The Hall–Kier alpha value is 0.360. The summed E-state index contributed by atoms with van der Waals surface area (Å²) in [5, 5.41) is 0. The molecule has 8 heavy (non-hydrogen) atoms. The Morgan fingerprint density at radius 3 is 2.38 bits per heavy atom. The second-order valence-corrected chi connectivity index (χ2v) is 1.96. The van der Waals surface area contributed by atoms with Gasteiger partial charge in [0.05, 0.1) is 0 Å². The van der Waals surface area contributed by atoms with Crippen molar-refractivity contribution in [3.8, 4) is 0 Å². The van der Waals surface area contributed by atoms with Crippen molar-refractivity contribution in [2.75, 3.05) is 0 Å². The molecule has 0 aliphatic rings. The number of hydrogen-bond donors (Lipinski definition) is 0. The second kappa shape index (κ2) is 4.26. The topological polar surface area (TPSA) is 12.9 Å². The van der Waals surface area contributed by atoms with E-state index in [1.54, 1.807) is 6.20 Å². The average molecular weight is 286 g/mol. The largest absolute Gasteiger partial charge is 0.249 e. The van der Waals surface area contributed by atoms with Gasteiger partial charge in [0.1, 0.15) is 4.60 Å². The van der Waals surface area contributed by atoms with E-state index in [2.05, 4.69) is 20.9 Å². The molecule has 0 fully saturated rings. The van der Waals surface area contributed by atoms with E-state index in [1.807, 2.05) is 18.2 Å². The van der Waals surface area contributed by atoms with Crippen LogP contribution >= 0.6 is 39.9 Å². The van der Waals surface area contributed by atoms with E-state index in [-0.39, 0.29) is 24.0 Å². The highest BCUT2D eigenvalue weighted by Gasteiger charge is 1.75. The number of aromatic nitrogens is 1. The van der Waals surface area contributed by atoms with E-state index in [1.165, 1.54) is 0 Å². The summed E-state index contributed by atoms with van der Waals surface area (Å²) >= 11 is 3.20. The van der Waals surface area contributed by atoms with Crippen LogP contribution in [0.25, 0.3) is 0 Å². The van der Waals surface area contributed by atoms with Crippen molar-refractivity contribution in [3.63, 3.8) is 0 Å². The molecule has 0 radical (unpaired) electrons. The fraction of sp³-hybridized carbons (Fsp3) is 0. The highest BCUT2D eigenvalue weighted by molar-refractivity contribution is 14.0. The minimum absolute atomic E-state index is 0. The Balaban J connectivity index is 0.000000490. The number of nitrogens with zero attached hydrogens (tertiary/aromatic N) is 1. The number of pyridine rings is 1. The first-order chi connectivity index (χ1) is 3.39. The standard InChI is InChI=1S/C5H4BrN.HI/c6-5-3-1-2-4-7-5;/h1-4H;1H. The Morgan fingerprint density at radius 2 is 2.12 bits per heavy atom. The van der Waals surface area contributed by atoms with Gasteiger partial charge in [-0.1, -0.05) is 6.07 Å². The molecular formula is C5H5BrIN. The van der Waals surface area contributed by atoms with Gasteiger partial charge in [0.2, 0.25) is 0 Å². The van der Waals surface area contributed by atoms with Gasteiger partial charge < -0.3 is 0 Å². The quantitative estimate of drug-likeness (QED) is 0.527. The van der Waals surface area contributed by atoms with Crippen LogP contribution in [-0.2, 0) is 0 Å². The van der Waals surface area contributed by atoms with Gasteiger partial charge in [-0.3, -0.25) is 0 Å². The fourth-order valence-corrected chi connectivity index (χ4v) is 0.613. The molecule has 1 rings (SSSR count). The van der Waals surface area contributed by atoms with Crippen LogP contribution in [0.1, 0.15) is 0 Å². The predicted molar refractivity (Wildman–Crippen MR) is 47.4 cm³/mol. The molecule has 0 atom stereocenters. The van der Waals surface area contributed by atoms with Crippen LogP contribution in [0.5, 0.6) is 0 Å². The molecule has 44 valence electrons. The molecule has 0 amide bonds. The first-order valence-corrected chi connectivity index (χ1v) is 2.75. The first kappa shape index (κ1) is 8.36. The van der Waals surface area contributed by atoms with Gasteiger partial charge in [0, 0.05) is 6.20 Å². The summed E-state index contributed by atoms with van der Waals surface area (Å²) < 4.78 is 0.884. The summed E-state index contributed by atoms with van der Waals surface area (Å²) in [5.74, 6) is 0. The van der Waals surface area contributed by atoms with E-state index < -0.39 is 0 Å². The third kappa shape index (κ3) is 2.61. The van der Waals surface area contributed by atoms with Crippen LogP contribution in [0.4, 0.5) is 0 Å². The molecule has 0 aromatic carbocycles. The third-order valence-corrected chi connectivity index (χ3v) is 1.10. The molecule has 0 N–H and O–H groups in total. The van der Waals surface area contributed by atoms with Gasteiger partial charge in [-0.05, 0) is 28.1 Å². The smallest absolute Gasteiger partial charge is 0.106 e. The lowest BCUT2D eigenvalue weighted by atomic mass is 10.5. The van der Waals surface area contributed by atoms with Gasteiger partial charge in [-0.25, -0.2) is 4.98 Å². The second-order valence-electron chi connectivity index (χ2n) is 1.15. The number of rotatable bonds is 0. The monoisotopic (exact) mass is 285 g/mol. The van der Waals surface area contributed by atoms with Crippen LogP contribution in [-0.4, -0.2) is 4.98 Å². The highest BCUT2D eigenvalue weighted by Crippen LogP contribution is 2.00. The van der Waals surface area contributed by atoms with E-state index in [0.717, 1.165) is 4.60 Å². The van der Waals surface area contributed by atoms with E-state index in [9.17, 15) is 0 Å². The zero-order chi connectivity index (χ0) is 5.11. The summed E-state index contributed by atoms with van der Waals surface area (Å²) in [6.07, 6.45) is 1.74. The summed E-state index contributed by atoms with van der Waals surface area (Å²) in [6, 6.07) is 5.70. The SMILES string of the molecule is Brc1ccccn1.I. The lowest BCUT2D eigenvalue weighted by Crippen LogP contribution is -1.66. The minimum Gasteiger partial charge on any atom is -0.249 e. The zero-order valence-electron chi connectivity index (χ0n) is 4.04. The molecule has 0 spiro atoms. The molecule has 0 saturated heterocycles. The average Bonchev–Trinajstić information content (AvgIpc) is 1.69. The van der Waals surface area contributed by atoms with Gasteiger partial charge in [-0.2, -0.15) is 0 Å². The van der Waals surface area contributed by atoms with Crippen LogP contribution < -0.4 is 0 Å². The van der Waals surface area contributed by atoms with Crippen molar-refractivity contribution in [2.45, 2.75) is 0 Å².